The number of hydrogen-bond acceptors (Lipinski definition) is 2. The van der Waals surface area contributed by atoms with Gasteiger partial charge in [-0.15, -0.1) is 0 Å². The second-order valence-electron chi connectivity index (χ2n) is 7.23. The number of benzene rings is 1. The summed E-state index contributed by atoms with van der Waals surface area (Å²) in [5, 5.41) is 3.63. The highest BCUT2D eigenvalue weighted by Gasteiger charge is 2.35. The molecule has 0 aromatic heterocycles. The van der Waals surface area contributed by atoms with Crippen LogP contribution in [0, 0.1) is 23.7 Å². The summed E-state index contributed by atoms with van der Waals surface area (Å²) in [5.41, 5.74) is 1.38. The van der Waals surface area contributed by atoms with Gasteiger partial charge < -0.3 is 10.1 Å². The smallest absolute Gasteiger partial charge is 0.122 e. The number of ether oxygens (including phenoxy) is 1. The van der Waals surface area contributed by atoms with Crippen molar-refractivity contribution in [3.8, 4) is 5.75 Å². The number of para-hydroxylation sites is 1. The van der Waals surface area contributed by atoms with Crippen molar-refractivity contribution in [2.24, 2.45) is 23.7 Å². The van der Waals surface area contributed by atoms with Gasteiger partial charge >= 0.3 is 0 Å². The van der Waals surface area contributed by atoms with E-state index >= 15 is 0 Å². The van der Waals surface area contributed by atoms with Gasteiger partial charge in [0.1, 0.15) is 5.75 Å². The Morgan fingerprint density at radius 3 is 2.67 bits per heavy atom. The molecule has 0 amide bonds. The molecule has 116 valence electrons. The molecule has 0 spiro atoms. The summed E-state index contributed by atoms with van der Waals surface area (Å²) in [5.74, 6) is 4.25. The number of fused-ring (bicyclic) bond motifs is 1. The van der Waals surface area contributed by atoms with Crippen LogP contribution in [0.25, 0.3) is 0 Å². The van der Waals surface area contributed by atoms with Crippen molar-refractivity contribution in [2.75, 3.05) is 13.7 Å². The molecule has 1 aliphatic heterocycles. The van der Waals surface area contributed by atoms with Crippen LogP contribution in [0.3, 0.4) is 0 Å². The molecule has 1 aliphatic carbocycles. The van der Waals surface area contributed by atoms with Gasteiger partial charge in [-0.2, -0.15) is 0 Å². The molecule has 21 heavy (non-hydrogen) atoms. The molecule has 1 aromatic carbocycles. The second-order valence-corrected chi connectivity index (χ2v) is 7.23. The van der Waals surface area contributed by atoms with E-state index in [0.717, 1.165) is 36.5 Å². The fourth-order valence-corrected chi connectivity index (χ4v) is 4.35. The number of rotatable bonds is 3. The Morgan fingerprint density at radius 2 is 1.90 bits per heavy atom. The zero-order valence-corrected chi connectivity index (χ0v) is 13.6. The largest absolute Gasteiger partial charge is 0.493 e. The van der Waals surface area contributed by atoms with Crippen LogP contribution in [0.15, 0.2) is 24.3 Å². The molecule has 0 saturated heterocycles. The SMILES string of the molecule is CNC(C1COc2ccccc2C1)C1CCC(C)C(C)C1. The van der Waals surface area contributed by atoms with Crippen molar-refractivity contribution >= 4 is 0 Å². The van der Waals surface area contributed by atoms with E-state index < -0.39 is 0 Å². The Balaban J connectivity index is 1.70. The Morgan fingerprint density at radius 1 is 1.10 bits per heavy atom. The van der Waals surface area contributed by atoms with Crippen LogP contribution in [0.5, 0.6) is 5.75 Å². The predicted molar refractivity (Wildman–Crippen MR) is 87.6 cm³/mol. The quantitative estimate of drug-likeness (QED) is 0.910. The average Bonchev–Trinajstić information content (AvgIpc) is 2.51. The van der Waals surface area contributed by atoms with Crippen LogP contribution < -0.4 is 10.1 Å². The van der Waals surface area contributed by atoms with Crippen LogP contribution >= 0.6 is 0 Å². The Hall–Kier alpha value is -1.02. The molecule has 0 bridgehead atoms. The van der Waals surface area contributed by atoms with Gasteiger partial charge in [0.15, 0.2) is 0 Å². The molecular weight excluding hydrogens is 258 g/mol. The minimum absolute atomic E-state index is 0.591. The van der Waals surface area contributed by atoms with E-state index in [4.69, 9.17) is 4.74 Å². The second kappa shape index (κ2) is 6.39. The first-order chi connectivity index (χ1) is 10.2. The van der Waals surface area contributed by atoms with E-state index in [0.29, 0.717) is 12.0 Å². The highest BCUT2D eigenvalue weighted by Crippen LogP contribution is 2.38. The summed E-state index contributed by atoms with van der Waals surface area (Å²) in [6.07, 6.45) is 5.27. The number of hydrogen-bond donors (Lipinski definition) is 1. The summed E-state index contributed by atoms with van der Waals surface area (Å²) in [7, 11) is 2.13. The summed E-state index contributed by atoms with van der Waals surface area (Å²) in [6.45, 7) is 5.70. The zero-order valence-electron chi connectivity index (χ0n) is 13.6. The summed E-state index contributed by atoms with van der Waals surface area (Å²) < 4.78 is 6.02. The first kappa shape index (κ1) is 14.9. The molecule has 1 aromatic rings. The number of nitrogens with one attached hydrogen (secondary N) is 1. The lowest BCUT2D eigenvalue weighted by Crippen LogP contribution is -2.46. The molecule has 1 saturated carbocycles. The van der Waals surface area contributed by atoms with Gasteiger partial charge in [0.2, 0.25) is 0 Å². The zero-order chi connectivity index (χ0) is 14.8. The topological polar surface area (TPSA) is 21.3 Å². The maximum atomic E-state index is 6.02. The summed E-state index contributed by atoms with van der Waals surface area (Å²) in [4.78, 5) is 0. The molecule has 5 unspecified atom stereocenters. The lowest BCUT2D eigenvalue weighted by Gasteiger charge is -2.41. The van der Waals surface area contributed by atoms with Crippen molar-refractivity contribution in [2.45, 2.75) is 45.6 Å². The van der Waals surface area contributed by atoms with Gasteiger partial charge in [-0.1, -0.05) is 38.5 Å². The van der Waals surface area contributed by atoms with Crippen molar-refractivity contribution in [3.05, 3.63) is 29.8 Å². The molecule has 3 rings (SSSR count). The third-order valence-electron chi connectivity index (χ3n) is 5.90. The predicted octanol–water partition coefficient (Wildman–Crippen LogP) is 3.90. The van der Waals surface area contributed by atoms with Crippen LogP contribution in [0.1, 0.15) is 38.7 Å². The van der Waals surface area contributed by atoms with Gasteiger partial charge in [-0.25, -0.2) is 0 Å². The van der Waals surface area contributed by atoms with Crippen LogP contribution in [-0.2, 0) is 6.42 Å². The molecular formula is C19H29NO. The minimum atomic E-state index is 0.591. The third-order valence-corrected chi connectivity index (χ3v) is 5.90. The van der Waals surface area contributed by atoms with Crippen LogP contribution in [0.4, 0.5) is 0 Å². The van der Waals surface area contributed by atoms with E-state index in [9.17, 15) is 0 Å². The van der Waals surface area contributed by atoms with E-state index in [1.807, 2.05) is 0 Å². The van der Waals surface area contributed by atoms with Gasteiger partial charge in [-0.3, -0.25) is 0 Å². The van der Waals surface area contributed by atoms with Crippen molar-refractivity contribution in [1.82, 2.24) is 5.32 Å². The Bertz CT molecular complexity index is 472. The molecule has 1 N–H and O–H groups in total. The van der Waals surface area contributed by atoms with Crippen LogP contribution in [-0.4, -0.2) is 19.7 Å². The first-order valence-corrected chi connectivity index (χ1v) is 8.57. The molecule has 0 radical (unpaired) electrons. The lowest BCUT2D eigenvalue weighted by atomic mass is 9.70. The van der Waals surface area contributed by atoms with Crippen LogP contribution in [0.2, 0.25) is 0 Å². The standard InChI is InChI=1S/C19H29NO/c1-13-8-9-16(10-14(13)2)19(20-3)17-11-15-6-4-5-7-18(15)21-12-17/h4-7,13-14,16-17,19-20H,8-12H2,1-3H3. The maximum Gasteiger partial charge on any atom is 0.122 e. The first-order valence-electron chi connectivity index (χ1n) is 8.57. The lowest BCUT2D eigenvalue weighted by molar-refractivity contribution is 0.109. The van der Waals surface area contributed by atoms with Crippen molar-refractivity contribution in [1.29, 1.82) is 0 Å². The van der Waals surface area contributed by atoms with Gasteiger partial charge in [0.05, 0.1) is 6.61 Å². The summed E-state index contributed by atoms with van der Waals surface area (Å²) >= 11 is 0. The molecule has 1 fully saturated rings. The van der Waals surface area contributed by atoms with E-state index in [2.05, 4.69) is 50.5 Å². The maximum absolute atomic E-state index is 6.02. The Kier molecular flexibility index (Phi) is 4.54. The fraction of sp³-hybridized carbons (Fsp3) is 0.684. The molecule has 2 heteroatoms. The van der Waals surface area contributed by atoms with Gasteiger partial charge in [-0.05, 0) is 55.7 Å². The van der Waals surface area contributed by atoms with E-state index in [-0.39, 0.29) is 0 Å². The van der Waals surface area contributed by atoms with Crippen molar-refractivity contribution < 1.29 is 4.74 Å². The average molecular weight is 287 g/mol. The molecule has 1 heterocycles. The third kappa shape index (κ3) is 3.11. The highest BCUT2D eigenvalue weighted by atomic mass is 16.5. The van der Waals surface area contributed by atoms with E-state index in [1.54, 1.807) is 0 Å². The monoisotopic (exact) mass is 287 g/mol. The Labute approximate surface area is 129 Å². The minimum Gasteiger partial charge on any atom is -0.493 e. The molecule has 5 atom stereocenters. The highest BCUT2D eigenvalue weighted by molar-refractivity contribution is 5.35. The van der Waals surface area contributed by atoms with Gasteiger partial charge in [0.25, 0.3) is 0 Å². The summed E-state index contributed by atoms with van der Waals surface area (Å²) in [6, 6.07) is 9.11. The van der Waals surface area contributed by atoms with Gasteiger partial charge in [0, 0.05) is 12.0 Å². The fourth-order valence-electron chi connectivity index (χ4n) is 4.35. The molecule has 2 nitrogen and oxygen atoms in total. The van der Waals surface area contributed by atoms with Crippen molar-refractivity contribution in [3.63, 3.8) is 0 Å². The molecule has 2 aliphatic rings. The van der Waals surface area contributed by atoms with E-state index in [1.165, 1.54) is 24.8 Å². The normalized spacial score (nSPS) is 33.9.